The van der Waals surface area contributed by atoms with Crippen molar-refractivity contribution in [3.63, 3.8) is 0 Å². The van der Waals surface area contributed by atoms with Crippen LogP contribution in [0, 0.1) is 0 Å². The fourth-order valence-corrected chi connectivity index (χ4v) is 12.5. The van der Waals surface area contributed by atoms with Gasteiger partial charge in [0.05, 0.1) is 23.3 Å². The molecule has 0 saturated carbocycles. The molecule has 0 spiro atoms. The fourth-order valence-electron chi connectivity index (χ4n) is 6.73. The van der Waals surface area contributed by atoms with Crippen molar-refractivity contribution in [2.75, 3.05) is 48.7 Å². The minimum Gasteiger partial charge on any atom is -0.543 e. The van der Waals surface area contributed by atoms with Crippen LogP contribution >= 0.6 is 69.7 Å². The summed E-state index contributed by atoms with van der Waals surface area (Å²) in [7, 11) is 2.49. The van der Waals surface area contributed by atoms with Gasteiger partial charge in [0.25, 0.3) is 23.6 Å². The van der Waals surface area contributed by atoms with E-state index in [1.165, 1.54) is 48.5 Å². The average Bonchev–Trinajstić information content (AvgIpc) is 4.18. The Morgan fingerprint density at radius 2 is 1.09 bits per heavy atom. The maximum absolute atomic E-state index is 12.9. The molecule has 0 aromatic carbocycles. The molecule has 32 nitrogen and oxygen atoms in total. The number of nitrogen functional groups attached to an aromatic ring is 2. The third-order valence-electron chi connectivity index (χ3n) is 9.70. The number of nitrogens with one attached hydrogen (secondary N) is 2. The summed E-state index contributed by atoms with van der Waals surface area (Å²) in [5, 5.41) is 78.1. The number of oxime groups is 2. The first kappa shape index (κ1) is 59.5. The first-order chi connectivity index (χ1) is 34.4. The molecule has 2 unspecified atom stereocenters. The van der Waals surface area contributed by atoms with Crippen molar-refractivity contribution in [3.05, 3.63) is 44.7 Å². The molecule has 0 bridgehead atoms. The van der Waals surface area contributed by atoms with Crippen LogP contribution in [-0.2, 0) is 61.1 Å². The summed E-state index contributed by atoms with van der Waals surface area (Å²) in [6.07, 6.45) is 0. The Hall–Kier alpha value is -5.42. The largest absolute Gasteiger partial charge is 1.00 e. The van der Waals surface area contributed by atoms with Gasteiger partial charge in [0.15, 0.2) is 21.7 Å². The summed E-state index contributed by atoms with van der Waals surface area (Å²) in [6.45, 7) is -0.932. The fraction of sp³-hybridized carbons (Fsp3) is 0.353. The molecule has 0 radical (unpaired) electrons. The first-order valence-electron chi connectivity index (χ1n) is 19.7. The molecule has 0 aliphatic carbocycles. The Balaban J connectivity index is 0.000000267. The number of nitrogens with two attached hydrogens (primary N) is 2. The van der Waals surface area contributed by atoms with Gasteiger partial charge in [0.2, 0.25) is 10.3 Å². The number of aromatic nitrogens is 10. The molecular formula is C34H32N18Na2O14S6. The number of thioether (sulfide) groups is 4. The molecule has 74 heavy (non-hydrogen) atoms. The van der Waals surface area contributed by atoms with Crippen LogP contribution in [0.4, 0.5) is 10.3 Å². The number of thiazole rings is 2. The number of carboxylic acid groups (broad SMARTS) is 4. The van der Waals surface area contributed by atoms with Gasteiger partial charge in [-0.15, -0.1) is 56.4 Å². The van der Waals surface area contributed by atoms with Crippen LogP contribution in [-0.4, -0.2) is 189 Å². The second-order valence-electron chi connectivity index (χ2n) is 14.2. The quantitative estimate of drug-likeness (QED) is 0.0157. The number of carboxylic acids is 4. The van der Waals surface area contributed by atoms with Gasteiger partial charge in [0, 0.05) is 33.8 Å². The van der Waals surface area contributed by atoms with Crippen molar-refractivity contribution in [1.29, 1.82) is 0 Å². The van der Waals surface area contributed by atoms with Crippen LogP contribution in [0.1, 0.15) is 11.4 Å². The number of carbonyl (C=O) groups is 8. The van der Waals surface area contributed by atoms with Gasteiger partial charge in [-0.1, -0.05) is 33.8 Å². The molecule has 8 heterocycles. The summed E-state index contributed by atoms with van der Waals surface area (Å²) in [5.41, 5.74) is 11.3. The van der Waals surface area contributed by atoms with Crippen molar-refractivity contribution in [2.24, 2.45) is 10.3 Å². The van der Waals surface area contributed by atoms with Crippen LogP contribution in [0.5, 0.6) is 0 Å². The molecule has 380 valence electrons. The molecular weight excluding hydrogens is 1120 g/mol. The predicted molar refractivity (Wildman–Crippen MR) is 247 cm³/mol. The summed E-state index contributed by atoms with van der Waals surface area (Å²) >= 11 is 6.71. The predicted octanol–water partition coefficient (Wildman–Crippen LogP) is -11.3. The Morgan fingerprint density at radius 1 is 0.716 bits per heavy atom. The SMILES string of the molecule is CO/N=C(\C(=O)NC1C(=O)N2C(C(=O)[O-])=C(CSc3nnnn3CC(=O)O)CS[C@H]12)c1csc(N)n1.CO/N=C(\C(=O)NC1C(=O)N2C(C(=O)[O-])=C(CSc3nnnn3CC(=O)O)CS[C@H]12)c1csc(N)n1.[Na+].[Na+]. The standard InChI is InChI=1S/2C17H17N9O7S3.2Na/c2*1-33-22-9(7-5-35-16(18)19-7)12(29)20-10-13(30)26-11(15(31)32)6(3-34-14(10)26)4-36-17-21-23-24-25(17)2-8(27)28;;/h2*5,10,14H,2-4H2,1H3,(H2,18,19)(H,20,29)(H,27,28)(H,31,32);;/q;;2*+1/p-2/b2*22-9-;;/t2*10?,14-;;/m11../s1. The van der Waals surface area contributed by atoms with Gasteiger partial charge in [-0.25, -0.2) is 19.3 Å². The number of nitrogens with zero attached hydrogens (tertiary/aromatic N) is 14. The van der Waals surface area contributed by atoms with E-state index in [4.69, 9.17) is 31.4 Å². The van der Waals surface area contributed by atoms with Crippen molar-refractivity contribution in [1.82, 2.24) is 70.8 Å². The third kappa shape index (κ3) is 13.3. The van der Waals surface area contributed by atoms with E-state index in [0.717, 1.165) is 65.4 Å². The number of hydrogen-bond acceptors (Lipinski definition) is 30. The smallest absolute Gasteiger partial charge is 0.543 e. The van der Waals surface area contributed by atoms with E-state index >= 15 is 0 Å². The normalized spacial score (nSPS) is 19.0. The molecule has 2 fully saturated rings. The van der Waals surface area contributed by atoms with Crippen molar-refractivity contribution in [3.8, 4) is 0 Å². The van der Waals surface area contributed by atoms with Crippen LogP contribution < -0.4 is 91.4 Å². The molecule has 4 aliphatic rings. The van der Waals surface area contributed by atoms with Gasteiger partial charge in [-0.05, 0) is 32.0 Å². The molecule has 4 aromatic rings. The number of β-lactam (4-membered cyclic amide) rings is 2. The van der Waals surface area contributed by atoms with Crippen LogP contribution in [0.2, 0.25) is 0 Å². The second-order valence-corrected chi connectivity index (χ2v) is 20.1. The number of rotatable bonds is 20. The van der Waals surface area contributed by atoms with E-state index in [9.17, 15) is 48.6 Å². The Labute approximate surface area is 482 Å². The Bertz CT molecular complexity index is 2790. The monoisotopic (exact) mass is 1150 g/mol. The Morgan fingerprint density at radius 3 is 1.41 bits per heavy atom. The van der Waals surface area contributed by atoms with Gasteiger partial charge >= 0.3 is 71.1 Å². The number of anilines is 2. The molecule has 2 saturated heterocycles. The van der Waals surface area contributed by atoms with Gasteiger partial charge in [-0.3, -0.25) is 38.6 Å². The van der Waals surface area contributed by atoms with E-state index in [0.29, 0.717) is 11.1 Å². The summed E-state index contributed by atoms with van der Waals surface area (Å²) < 4.78 is 2.11. The molecule has 4 aliphatic heterocycles. The van der Waals surface area contributed by atoms with E-state index in [1.54, 1.807) is 0 Å². The maximum atomic E-state index is 12.9. The second kappa shape index (κ2) is 26.4. The minimum atomic E-state index is -1.56. The van der Waals surface area contributed by atoms with Crippen molar-refractivity contribution in [2.45, 2.75) is 46.2 Å². The average molecular weight is 1160 g/mol. The molecule has 4 amide bonds. The number of fused-ring (bicyclic) bond motifs is 2. The zero-order valence-corrected chi connectivity index (χ0v) is 47.3. The zero-order valence-electron chi connectivity index (χ0n) is 38.4. The maximum Gasteiger partial charge on any atom is 1.00 e. The molecule has 8 rings (SSSR count). The topological polar surface area (TPSA) is 462 Å². The van der Waals surface area contributed by atoms with E-state index < -0.39 is 83.4 Å². The van der Waals surface area contributed by atoms with Crippen molar-refractivity contribution >= 4 is 139 Å². The zero-order chi connectivity index (χ0) is 52.0. The molecule has 4 atom stereocenters. The van der Waals surface area contributed by atoms with Gasteiger partial charge in [-0.2, -0.15) is 0 Å². The number of tetrazole rings is 2. The van der Waals surface area contributed by atoms with Crippen LogP contribution in [0.25, 0.3) is 0 Å². The van der Waals surface area contributed by atoms with E-state index in [2.05, 4.69) is 62.0 Å². The minimum absolute atomic E-state index is 0. The first-order valence-corrected chi connectivity index (χ1v) is 25.5. The van der Waals surface area contributed by atoms with E-state index in [1.807, 2.05) is 0 Å². The number of carbonyl (C=O) groups excluding carboxylic acids is 6. The van der Waals surface area contributed by atoms with Crippen LogP contribution in [0.15, 0.2) is 53.9 Å². The summed E-state index contributed by atoms with van der Waals surface area (Å²) in [5.74, 6) is -7.63. The Kier molecular flexibility index (Phi) is 21.2. The van der Waals surface area contributed by atoms with Gasteiger partial charge in [0.1, 0.15) is 61.5 Å². The molecule has 8 N–H and O–H groups in total. The summed E-state index contributed by atoms with van der Waals surface area (Å²) in [4.78, 5) is 117. The molecule has 4 aromatic heterocycles. The van der Waals surface area contributed by atoms with E-state index in [-0.39, 0.29) is 137 Å². The number of hydrogen-bond donors (Lipinski definition) is 6. The molecule has 40 heteroatoms. The van der Waals surface area contributed by atoms with Crippen LogP contribution in [0.3, 0.4) is 0 Å². The summed E-state index contributed by atoms with van der Waals surface area (Å²) in [6, 6.07) is -2.04. The number of amides is 4. The van der Waals surface area contributed by atoms with Gasteiger partial charge < -0.3 is 61.8 Å². The number of aliphatic carboxylic acids is 4. The van der Waals surface area contributed by atoms with Crippen molar-refractivity contribution < 1.29 is 128 Å². The third-order valence-corrected chi connectivity index (χ3v) is 15.8.